The molecule has 5 rings (SSSR count). The maximum Gasteiger partial charge on any atom is 0.215 e. The van der Waals surface area contributed by atoms with Crippen LogP contribution in [0, 0.1) is 20.8 Å². The zero-order valence-corrected chi connectivity index (χ0v) is 15.7. The van der Waals surface area contributed by atoms with E-state index in [9.17, 15) is 0 Å². The van der Waals surface area contributed by atoms with Crippen LogP contribution < -0.4 is 4.57 Å². The van der Waals surface area contributed by atoms with Gasteiger partial charge in [0.1, 0.15) is 12.9 Å². The van der Waals surface area contributed by atoms with Crippen molar-refractivity contribution in [1.29, 1.82) is 0 Å². The molecule has 0 radical (unpaired) electrons. The predicted octanol–water partition coefficient (Wildman–Crippen LogP) is 4.35. The van der Waals surface area contributed by atoms with Crippen LogP contribution in [-0.4, -0.2) is 9.55 Å². The molecule has 0 unspecified atom stereocenters. The number of benzene rings is 2. The third kappa shape index (κ3) is 2.00. The maximum atomic E-state index is 4.96. The number of para-hydroxylation sites is 1. The van der Waals surface area contributed by atoms with Gasteiger partial charge >= 0.3 is 0 Å². The summed E-state index contributed by atoms with van der Waals surface area (Å²) in [6.07, 6.45) is 3.13. The molecule has 1 aliphatic rings. The van der Waals surface area contributed by atoms with E-state index in [0.29, 0.717) is 0 Å². The average Bonchev–Trinajstić information content (AvgIpc) is 3.14. The third-order valence-electron chi connectivity index (χ3n) is 5.68. The van der Waals surface area contributed by atoms with E-state index in [1.54, 1.807) is 0 Å². The minimum atomic E-state index is 0.905. The topological polar surface area (TPSA) is 21.7 Å². The van der Waals surface area contributed by atoms with E-state index in [1.165, 1.54) is 44.7 Å². The Labute approximate surface area is 153 Å². The van der Waals surface area contributed by atoms with E-state index in [2.05, 4.69) is 85.6 Å². The zero-order chi connectivity index (χ0) is 18.0. The first-order valence-electron chi connectivity index (χ1n) is 9.11. The number of rotatable bonds is 1. The van der Waals surface area contributed by atoms with Gasteiger partial charge in [-0.25, -0.2) is 9.55 Å². The number of aromatic nitrogens is 3. The van der Waals surface area contributed by atoms with Crippen molar-refractivity contribution in [2.75, 3.05) is 0 Å². The molecule has 26 heavy (non-hydrogen) atoms. The Bertz CT molecular complexity index is 1200. The molecule has 0 spiro atoms. The van der Waals surface area contributed by atoms with Crippen LogP contribution in [0.1, 0.15) is 28.1 Å². The summed E-state index contributed by atoms with van der Waals surface area (Å²) in [6, 6.07) is 15.3. The summed E-state index contributed by atoms with van der Waals surface area (Å²) in [4.78, 5) is 4.96. The minimum absolute atomic E-state index is 0.905. The standard InChI is InChI=1S/C23H22N3/c1-14-9-10-18-23(22(14)20-11-15(2)16(3)13-25(20)4)26-19-8-6-5-7-17(19)12-21(26)24-18/h5-11,13H,12H2,1-4H3/q+1. The molecule has 1 aliphatic heterocycles. The molecule has 2 aromatic carbocycles. The molecular formula is C23H22N3+. The first-order chi connectivity index (χ1) is 12.5. The van der Waals surface area contributed by atoms with Crippen LogP contribution >= 0.6 is 0 Å². The summed E-state index contributed by atoms with van der Waals surface area (Å²) < 4.78 is 4.60. The van der Waals surface area contributed by atoms with E-state index >= 15 is 0 Å². The van der Waals surface area contributed by atoms with Crippen molar-refractivity contribution in [2.45, 2.75) is 27.2 Å². The van der Waals surface area contributed by atoms with E-state index in [-0.39, 0.29) is 0 Å². The fourth-order valence-corrected chi connectivity index (χ4v) is 4.20. The van der Waals surface area contributed by atoms with Crippen molar-refractivity contribution in [3.63, 3.8) is 0 Å². The van der Waals surface area contributed by atoms with Gasteiger partial charge in [0.05, 0.1) is 22.3 Å². The maximum absolute atomic E-state index is 4.96. The highest BCUT2D eigenvalue weighted by molar-refractivity contribution is 5.95. The van der Waals surface area contributed by atoms with Gasteiger partial charge in [0, 0.05) is 18.1 Å². The van der Waals surface area contributed by atoms with Gasteiger partial charge in [0.2, 0.25) is 5.69 Å². The van der Waals surface area contributed by atoms with Gasteiger partial charge in [0.25, 0.3) is 0 Å². The second-order valence-electron chi connectivity index (χ2n) is 7.43. The summed E-state index contributed by atoms with van der Waals surface area (Å²) in [6.45, 7) is 6.55. The minimum Gasteiger partial charge on any atom is -0.295 e. The number of imidazole rings is 1. The Morgan fingerprint density at radius 2 is 1.77 bits per heavy atom. The molecule has 0 aliphatic carbocycles. The number of hydrogen-bond donors (Lipinski definition) is 0. The fourth-order valence-electron chi connectivity index (χ4n) is 4.20. The molecule has 0 N–H and O–H groups in total. The van der Waals surface area contributed by atoms with Gasteiger partial charge in [-0.05, 0) is 49.6 Å². The van der Waals surface area contributed by atoms with Gasteiger partial charge in [0.15, 0.2) is 6.20 Å². The fraction of sp³-hybridized carbons (Fsp3) is 0.217. The lowest BCUT2D eigenvalue weighted by atomic mass is 10.00. The zero-order valence-electron chi connectivity index (χ0n) is 15.7. The van der Waals surface area contributed by atoms with Crippen LogP contribution in [0.3, 0.4) is 0 Å². The summed E-state index contributed by atoms with van der Waals surface area (Å²) in [5.41, 5.74) is 11.4. The van der Waals surface area contributed by atoms with Crippen molar-refractivity contribution in [3.05, 3.63) is 76.7 Å². The van der Waals surface area contributed by atoms with Crippen molar-refractivity contribution in [1.82, 2.24) is 9.55 Å². The molecule has 0 fully saturated rings. The van der Waals surface area contributed by atoms with Crippen LogP contribution in [0.4, 0.5) is 0 Å². The second-order valence-corrected chi connectivity index (χ2v) is 7.43. The highest BCUT2D eigenvalue weighted by atomic mass is 15.1. The first-order valence-corrected chi connectivity index (χ1v) is 9.11. The van der Waals surface area contributed by atoms with Crippen LogP contribution in [0.25, 0.3) is 28.0 Å². The molecule has 3 heterocycles. The normalized spacial score (nSPS) is 12.5. The molecule has 0 amide bonds. The summed E-state index contributed by atoms with van der Waals surface area (Å²) in [5, 5.41) is 0. The molecule has 0 saturated heterocycles. The van der Waals surface area contributed by atoms with E-state index in [1.807, 2.05) is 0 Å². The number of fused-ring (bicyclic) bond motifs is 5. The summed E-state index contributed by atoms with van der Waals surface area (Å²) >= 11 is 0. The SMILES string of the molecule is Cc1cc(-c2c(C)ccc3nc4n(c23)-c2ccccc2C4)[n+](C)cc1C. The van der Waals surface area contributed by atoms with Crippen molar-refractivity contribution in [3.8, 4) is 16.9 Å². The molecule has 0 atom stereocenters. The lowest BCUT2D eigenvalue weighted by Gasteiger charge is -2.11. The highest BCUT2D eigenvalue weighted by Crippen LogP contribution is 2.37. The van der Waals surface area contributed by atoms with E-state index < -0.39 is 0 Å². The Morgan fingerprint density at radius 3 is 2.62 bits per heavy atom. The van der Waals surface area contributed by atoms with Gasteiger partial charge in [-0.2, -0.15) is 0 Å². The Balaban J connectivity index is 1.91. The Kier molecular flexibility index (Phi) is 3.11. The summed E-state index contributed by atoms with van der Waals surface area (Å²) in [7, 11) is 2.13. The predicted molar refractivity (Wildman–Crippen MR) is 105 cm³/mol. The molecule has 128 valence electrons. The number of aryl methyl sites for hydroxylation is 4. The molecule has 0 saturated carbocycles. The summed E-state index contributed by atoms with van der Waals surface area (Å²) in [5.74, 6) is 1.14. The monoisotopic (exact) mass is 340 g/mol. The smallest absolute Gasteiger partial charge is 0.215 e. The van der Waals surface area contributed by atoms with Gasteiger partial charge in [-0.1, -0.05) is 24.3 Å². The van der Waals surface area contributed by atoms with Crippen molar-refractivity contribution < 1.29 is 4.57 Å². The lowest BCUT2D eigenvalue weighted by molar-refractivity contribution is -0.660. The lowest BCUT2D eigenvalue weighted by Crippen LogP contribution is -2.31. The largest absolute Gasteiger partial charge is 0.295 e. The Hall–Kier alpha value is -2.94. The first kappa shape index (κ1) is 15.3. The Morgan fingerprint density at radius 1 is 0.962 bits per heavy atom. The molecule has 0 bridgehead atoms. The average molecular weight is 340 g/mol. The number of nitrogens with zero attached hydrogens (tertiary/aromatic N) is 3. The highest BCUT2D eigenvalue weighted by Gasteiger charge is 2.27. The molecule has 4 aromatic rings. The van der Waals surface area contributed by atoms with Crippen LogP contribution in [-0.2, 0) is 13.5 Å². The van der Waals surface area contributed by atoms with Crippen LogP contribution in [0.15, 0.2) is 48.7 Å². The molecule has 2 aromatic heterocycles. The van der Waals surface area contributed by atoms with E-state index in [0.717, 1.165) is 17.8 Å². The second kappa shape index (κ2) is 5.28. The van der Waals surface area contributed by atoms with Gasteiger partial charge < -0.3 is 0 Å². The van der Waals surface area contributed by atoms with Gasteiger partial charge in [-0.15, -0.1) is 0 Å². The van der Waals surface area contributed by atoms with Crippen LogP contribution in [0.2, 0.25) is 0 Å². The quantitative estimate of drug-likeness (QED) is 0.416. The van der Waals surface area contributed by atoms with Crippen molar-refractivity contribution in [2.24, 2.45) is 7.05 Å². The van der Waals surface area contributed by atoms with Gasteiger partial charge in [-0.3, -0.25) is 4.57 Å². The molecular weight excluding hydrogens is 318 g/mol. The number of pyridine rings is 1. The molecule has 3 heteroatoms. The third-order valence-corrected chi connectivity index (χ3v) is 5.68. The van der Waals surface area contributed by atoms with E-state index in [4.69, 9.17) is 4.98 Å². The van der Waals surface area contributed by atoms with Crippen molar-refractivity contribution >= 4 is 11.0 Å². The number of hydrogen-bond acceptors (Lipinski definition) is 1. The molecule has 3 nitrogen and oxygen atoms in total. The van der Waals surface area contributed by atoms with Crippen LogP contribution in [0.5, 0.6) is 0 Å².